The maximum Gasteiger partial charge on any atom is 0.247 e. The minimum Gasteiger partial charge on any atom is -0.423 e. The third-order valence-corrected chi connectivity index (χ3v) is 6.11. The number of anilines is 1. The van der Waals surface area contributed by atoms with Crippen LogP contribution in [0, 0.1) is 13.8 Å². The zero-order valence-corrected chi connectivity index (χ0v) is 16.5. The predicted octanol–water partition coefficient (Wildman–Crippen LogP) is 2.61. The number of carbonyl (C=O) groups excluding carboxylic acids is 1. The number of sulfonamides is 1. The number of nitrogens with one attached hydrogen (secondary N) is 1. The fourth-order valence-electron chi connectivity index (χ4n) is 2.57. The van der Waals surface area contributed by atoms with E-state index in [0.29, 0.717) is 17.1 Å². The van der Waals surface area contributed by atoms with Crippen LogP contribution in [0.15, 0.2) is 58.2 Å². The lowest BCUT2D eigenvalue weighted by Crippen LogP contribution is -2.35. The highest BCUT2D eigenvalue weighted by Crippen LogP contribution is 2.21. The first-order valence-electron chi connectivity index (χ1n) is 8.47. The van der Waals surface area contributed by atoms with E-state index in [1.54, 1.807) is 42.5 Å². The van der Waals surface area contributed by atoms with Crippen LogP contribution in [0.2, 0.25) is 0 Å². The molecule has 0 bridgehead atoms. The number of amides is 1. The van der Waals surface area contributed by atoms with Crippen molar-refractivity contribution in [2.45, 2.75) is 18.7 Å². The van der Waals surface area contributed by atoms with Gasteiger partial charge in [-0.25, -0.2) is 8.42 Å². The van der Waals surface area contributed by atoms with Gasteiger partial charge in [-0.15, -0.1) is 10.2 Å². The molecule has 0 saturated heterocycles. The molecule has 0 aliphatic heterocycles. The average molecular weight is 400 g/mol. The Bertz CT molecular complexity index is 1090. The largest absolute Gasteiger partial charge is 0.423 e. The van der Waals surface area contributed by atoms with Crippen LogP contribution < -0.4 is 5.32 Å². The molecule has 0 spiro atoms. The number of carbonyl (C=O) groups is 1. The Morgan fingerprint density at radius 1 is 1.14 bits per heavy atom. The lowest BCUT2D eigenvalue weighted by Gasteiger charge is -2.17. The summed E-state index contributed by atoms with van der Waals surface area (Å²) in [6, 6.07) is 11.7. The summed E-state index contributed by atoms with van der Waals surface area (Å²) < 4.78 is 31.6. The molecular formula is C19H20N4O4S. The van der Waals surface area contributed by atoms with E-state index in [9.17, 15) is 13.2 Å². The first kappa shape index (κ1) is 19.7. The van der Waals surface area contributed by atoms with Crippen molar-refractivity contribution in [3.63, 3.8) is 0 Å². The number of likely N-dealkylation sites (N-methyl/N-ethyl adjacent to an activating group) is 1. The van der Waals surface area contributed by atoms with Gasteiger partial charge in [0.25, 0.3) is 0 Å². The van der Waals surface area contributed by atoms with Crippen LogP contribution in [-0.2, 0) is 14.8 Å². The second-order valence-corrected chi connectivity index (χ2v) is 8.42. The molecule has 0 aliphatic rings. The van der Waals surface area contributed by atoms with Crippen molar-refractivity contribution in [2.75, 3.05) is 18.9 Å². The van der Waals surface area contributed by atoms with Crippen LogP contribution in [-0.4, -0.2) is 42.4 Å². The molecule has 0 fully saturated rings. The lowest BCUT2D eigenvalue weighted by molar-refractivity contribution is -0.116. The monoisotopic (exact) mass is 400 g/mol. The molecule has 0 atom stereocenters. The summed E-state index contributed by atoms with van der Waals surface area (Å²) in [6.07, 6.45) is 1.22. The quantitative estimate of drug-likeness (QED) is 0.682. The standard InChI is InChI=1S/C19H20N4O4S/c1-13-7-8-17(9-14(13)2)28(25,26)23(3)11-18(24)21-16-6-4-5-15(10-16)19-22-20-12-27-19/h4-10,12H,11H2,1-3H3,(H,21,24). The van der Waals surface area contributed by atoms with Gasteiger partial charge in [-0.1, -0.05) is 12.1 Å². The van der Waals surface area contributed by atoms with Crippen LogP contribution in [0.5, 0.6) is 0 Å². The van der Waals surface area contributed by atoms with Crippen LogP contribution in [0.25, 0.3) is 11.5 Å². The molecule has 0 radical (unpaired) electrons. The molecule has 3 rings (SSSR count). The molecule has 1 aromatic heterocycles. The number of rotatable bonds is 6. The van der Waals surface area contributed by atoms with E-state index < -0.39 is 15.9 Å². The van der Waals surface area contributed by atoms with E-state index in [-0.39, 0.29) is 11.4 Å². The number of hydrogen-bond acceptors (Lipinski definition) is 6. The second kappa shape index (κ2) is 7.91. The maximum atomic E-state index is 12.7. The highest BCUT2D eigenvalue weighted by Gasteiger charge is 2.23. The van der Waals surface area contributed by atoms with E-state index >= 15 is 0 Å². The third kappa shape index (κ3) is 4.26. The fraction of sp³-hybridized carbons (Fsp3) is 0.211. The molecule has 8 nitrogen and oxygen atoms in total. The summed E-state index contributed by atoms with van der Waals surface area (Å²) >= 11 is 0. The van der Waals surface area contributed by atoms with E-state index in [1.807, 2.05) is 13.8 Å². The van der Waals surface area contributed by atoms with Gasteiger partial charge in [0, 0.05) is 18.3 Å². The Labute approximate surface area is 163 Å². The number of hydrogen-bond donors (Lipinski definition) is 1. The topological polar surface area (TPSA) is 105 Å². The van der Waals surface area contributed by atoms with Crippen molar-refractivity contribution in [1.29, 1.82) is 0 Å². The van der Waals surface area contributed by atoms with Crippen molar-refractivity contribution in [2.24, 2.45) is 0 Å². The Morgan fingerprint density at radius 2 is 1.93 bits per heavy atom. The second-order valence-electron chi connectivity index (χ2n) is 6.38. The Kier molecular flexibility index (Phi) is 5.57. The number of aryl methyl sites for hydroxylation is 2. The fourth-order valence-corrected chi connectivity index (χ4v) is 3.78. The molecule has 1 N–H and O–H groups in total. The number of nitrogens with zero attached hydrogens (tertiary/aromatic N) is 3. The van der Waals surface area contributed by atoms with Gasteiger partial charge in [-0.05, 0) is 55.3 Å². The number of aromatic nitrogens is 2. The molecule has 0 aliphatic carbocycles. The molecule has 9 heteroatoms. The molecule has 146 valence electrons. The molecule has 1 amide bonds. The first-order chi connectivity index (χ1) is 13.3. The van der Waals surface area contributed by atoms with Gasteiger partial charge in [0.05, 0.1) is 11.4 Å². The van der Waals surface area contributed by atoms with E-state index in [1.165, 1.54) is 13.4 Å². The summed E-state index contributed by atoms with van der Waals surface area (Å²) in [5, 5.41) is 10.1. The van der Waals surface area contributed by atoms with Gasteiger partial charge in [-0.2, -0.15) is 4.31 Å². The summed E-state index contributed by atoms with van der Waals surface area (Å²) in [5.74, 6) is -0.136. The van der Waals surface area contributed by atoms with Crippen LogP contribution in [0.3, 0.4) is 0 Å². The van der Waals surface area contributed by atoms with E-state index in [0.717, 1.165) is 15.4 Å². The zero-order chi connectivity index (χ0) is 20.3. The normalized spacial score (nSPS) is 11.6. The number of benzene rings is 2. The molecule has 28 heavy (non-hydrogen) atoms. The van der Waals surface area contributed by atoms with Gasteiger partial charge < -0.3 is 9.73 Å². The molecule has 0 unspecified atom stereocenters. The molecule has 0 saturated carbocycles. The summed E-state index contributed by atoms with van der Waals surface area (Å²) in [6.45, 7) is 3.43. The van der Waals surface area contributed by atoms with Crippen molar-refractivity contribution < 1.29 is 17.6 Å². The van der Waals surface area contributed by atoms with Gasteiger partial charge in [0.2, 0.25) is 28.2 Å². The Balaban J connectivity index is 1.70. The molecule has 2 aromatic carbocycles. The van der Waals surface area contributed by atoms with Crippen molar-refractivity contribution in [1.82, 2.24) is 14.5 Å². The summed E-state index contributed by atoms with van der Waals surface area (Å²) in [4.78, 5) is 12.5. The Hall–Kier alpha value is -3.04. The Morgan fingerprint density at radius 3 is 2.61 bits per heavy atom. The van der Waals surface area contributed by atoms with Gasteiger partial charge in [-0.3, -0.25) is 4.79 Å². The molecular weight excluding hydrogens is 380 g/mol. The third-order valence-electron chi connectivity index (χ3n) is 4.31. The van der Waals surface area contributed by atoms with Gasteiger partial charge in [0.15, 0.2) is 0 Å². The maximum absolute atomic E-state index is 12.7. The highest BCUT2D eigenvalue weighted by atomic mass is 32.2. The smallest absolute Gasteiger partial charge is 0.247 e. The molecule has 3 aromatic rings. The minimum absolute atomic E-state index is 0.157. The lowest BCUT2D eigenvalue weighted by atomic mass is 10.1. The first-order valence-corrected chi connectivity index (χ1v) is 9.91. The van der Waals surface area contributed by atoms with E-state index in [4.69, 9.17) is 4.42 Å². The van der Waals surface area contributed by atoms with Crippen molar-refractivity contribution in [3.05, 3.63) is 60.0 Å². The average Bonchev–Trinajstić information content (AvgIpc) is 3.18. The van der Waals surface area contributed by atoms with Gasteiger partial charge >= 0.3 is 0 Å². The van der Waals surface area contributed by atoms with Crippen LogP contribution in [0.4, 0.5) is 5.69 Å². The zero-order valence-electron chi connectivity index (χ0n) is 15.7. The summed E-state index contributed by atoms with van der Waals surface area (Å²) in [5.41, 5.74) is 3.02. The van der Waals surface area contributed by atoms with Crippen molar-refractivity contribution in [3.8, 4) is 11.5 Å². The molecule has 1 heterocycles. The summed E-state index contributed by atoms with van der Waals surface area (Å²) in [7, 11) is -2.40. The van der Waals surface area contributed by atoms with Crippen LogP contribution >= 0.6 is 0 Å². The van der Waals surface area contributed by atoms with Gasteiger partial charge in [0.1, 0.15) is 0 Å². The van der Waals surface area contributed by atoms with Crippen molar-refractivity contribution >= 4 is 21.6 Å². The van der Waals surface area contributed by atoms with E-state index in [2.05, 4.69) is 15.5 Å². The minimum atomic E-state index is -3.77. The SMILES string of the molecule is Cc1ccc(S(=O)(=O)N(C)CC(=O)Nc2cccc(-c3nnco3)c2)cc1C. The predicted molar refractivity (Wildman–Crippen MR) is 104 cm³/mol. The van der Waals surface area contributed by atoms with Crippen LogP contribution in [0.1, 0.15) is 11.1 Å². The highest BCUT2D eigenvalue weighted by molar-refractivity contribution is 7.89.